The summed E-state index contributed by atoms with van der Waals surface area (Å²) in [6.45, 7) is 3.12. The molecule has 10 heteroatoms. The van der Waals surface area contributed by atoms with Crippen LogP contribution in [-0.4, -0.2) is 58.2 Å². The first-order chi connectivity index (χ1) is 20.3. The number of amides is 2. The Hall–Kier alpha value is -4.54. The molecule has 1 fully saturated rings. The van der Waals surface area contributed by atoms with E-state index in [9.17, 15) is 19.5 Å². The molecule has 1 aliphatic carbocycles. The summed E-state index contributed by atoms with van der Waals surface area (Å²) >= 11 is 0.987. The van der Waals surface area contributed by atoms with E-state index in [1.807, 2.05) is 71.6 Å². The van der Waals surface area contributed by atoms with Gasteiger partial charge in [-0.1, -0.05) is 90.2 Å². The molecule has 0 bridgehead atoms. The van der Waals surface area contributed by atoms with Gasteiger partial charge in [0.15, 0.2) is 10.7 Å². The maximum Gasteiger partial charge on any atom is 0.413 e. The fourth-order valence-electron chi connectivity index (χ4n) is 5.85. The number of carbonyl (C=O) groups is 3. The Kier molecular flexibility index (Phi) is 7.49. The summed E-state index contributed by atoms with van der Waals surface area (Å²) in [7, 11) is 0. The maximum absolute atomic E-state index is 13.3. The van der Waals surface area contributed by atoms with Gasteiger partial charge in [0.25, 0.3) is 5.91 Å². The molecule has 4 aromatic rings. The van der Waals surface area contributed by atoms with Crippen molar-refractivity contribution in [1.82, 2.24) is 15.2 Å². The van der Waals surface area contributed by atoms with Crippen LogP contribution in [-0.2, 0) is 16.1 Å². The molecule has 0 radical (unpaired) electrons. The van der Waals surface area contributed by atoms with Gasteiger partial charge >= 0.3 is 12.1 Å². The van der Waals surface area contributed by atoms with Crippen LogP contribution < -0.4 is 10.6 Å². The number of ether oxygens (including phenoxy) is 1. The largest absolute Gasteiger partial charge is 0.479 e. The Labute approximate surface area is 247 Å². The van der Waals surface area contributed by atoms with Gasteiger partial charge in [-0.15, -0.1) is 0 Å². The number of hydrogen-bond donors (Lipinski definition) is 3. The molecule has 0 spiro atoms. The number of nitrogens with one attached hydrogen (secondary N) is 2. The number of thiazole rings is 1. The van der Waals surface area contributed by atoms with Crippen molar-refractivity contribution < 1.29 is 24.2 Å². The van der Waals surface area contributed by atoms with Gasteiger partial charge in [-0.3, -0.25) is 15.0 Å². The monoisotopic (exact) mass is 582 g/mol. The molecule has 1 atom stereocenters. The molecular weight excluding hydrogens is 552 g/mol. The molecule has 1 aliphatic heterocycles. The van der Waals surface area contributed by atoms with E-state index in [0.29, 0.717) is 18.8 Å². The van der Waals surface area contributed by atoms with Gasteiger partial charge < -0.3 is 15.2 Å². The number of hydrogen-bond acceptors (Lipinski definition) is 7. The molecule has 3 aromatic carbocycles. The van der Waals surface area contributed by atoms with Gasteiger partial charge in [0, 0.05) is 25.6 Å². The number of carbonyl (C=O) groups excluding carboxylic acids is 2. The molecular formula is C32H30N4O5S. The Bertz CT molecular complexity index is 1610. The number of aliphatic carboxylic acids is 1. The van der Waals surface area contributed by atoms with Crippen LogP contribution in [0.15, 0.2) is 78.9 Å². The van der Waals surface area contributed by atoms with Crippen molar-refractivity contribution in [2.75, 3.05) is 25.0 Å². The Morgan fingerprint density at radius 1 is 1.00 bits per heavy atom. The number of nitrogens with zero attached hydrogens (tertiary/aromatic N) is 2. The summed E-state index contributed by atoms with van der Waals surface area (Å²) in [4.78, 5) is 44.9. The quantitative estimate of drug-likeness (QED) is 0.259. The molecule has 1 saturated heterocycles. The van der Waals surface area contributed by atoms with Gasteiger partial charge in [-0.25, -0.2) is 14.6 Å². The first-order valence-electron chi connectivity index (χ1n) is 13.7. The van der Waals surface area contributed by atoms with Gasteiger partial charge in [0.2, 0.25) is 0 Å². The summed E-state index contributed by atoms with van der Waals surface area (Å²) < 4.78 is 5.60. The van der Waals surface area contributed by atoms with E-state index in [4.69, 9.17) is 4.74 Å². The smallest absolute Gasteiger partial charge is 0.413 e. The first-order valence-corrected chi connectivity index (χ1v) is 14.6. The molecule has 214 valence electrons. The van der Waals surface area contributed by atoms with Crippen molar-refractivity contribution in [3.8, 4) is 11.1 Å². The lowest BCUT2D eigenvalue weighted by Gasteiger charge is -2.26. The number of anilines is 1. The minimum absolute atomic E-state index is 0.0809. The van der Waals surface area contributed by atoms with Crippen molar-refractivity contribution in [3.63, 3.8) is 0 Å². The molecule has 2 amide bonds. The lowest BCUT2D eigenvalue weighted by Crippen LogP contribution is -2.56. The highest BCUT2D eigenvalue weighted by Gasteiger charge is 2.46. The zero-order valence-corrected chi connectivity index (χ0v) is 23.8. The number of aromatic nitrogens is 1. The predicted molar refractivity (Wildman–Crippen MR) is 160 cm³/mol. The Morgan fingerprint density at radius 2 is 1.64 bits per heavy atom. The number of likely N-dealkylation sites (tertiary alicyclic amines) is 1. The van der Waals surface area contributed by atoms with Crippen LogP contribution in [0, 0.1) is 6.92 Å². The molecule has 2 aliphatic rings. The van der Waals surface area contributed by atoms with E-state index in [-0.39, 0.29) is 35.5 Å². The molecule has 6 rings (SSSR count). The number of fused-ring (bicyclic) bond motifs is 3. The standard InChI is InChI=1S/C32H30N4O5S/c1-20-27(28(37)35-32(29(38)39)15-16-36(19-32)17-21-9-3-2-4-10-21)42-30(33-20)34-31(40)41-18-26-24-13-7-5-11-22(24)23-12-6-8-14-25(23)26/h2-14,26H,15-19H2,1H3,(H,35,37)(H,38,39)(H,33,34,40). The van der Waals surface area contributed by atoms with E-state index in [0.717, 1.165) is 39.2 Å². The number of rotatable bonds is 8. The van der Waals surface area contributed by atoms with Crippen LogP contribution in [0.5, 0.6) is 0 Å². The van der Waals surface area contributed by atoms with E-state index >= 15 is 0 Å². The Balaban J connectivity index is 1.09. The van der Waals surface area contributed by atoms with Gasteiger partial charge in [-0.2, -0.15) is 0 Å². The number of carboxylic acid groups (broad SMARTS) is 1. The predicted octanol–water partition coefficient (Wildman–Crippen LogP) is 5.27. The van der Waals surface area contributed by atoms with E-state index in [1.165, 1.54) is 0 Å². The summed E-state index contributed by atoms with van der Waals surface area (Å²) in [5.74, 6) is -1.69. The zero-order chi connectivity index (χ0) is 29.3. The van der Waals surface area contributed by atoms with Crippen molar-refractivity contribution in [2.45, 2.75) is 31.3 Å². The molecule has 9 nitrogen and oxygen atoms in total. The molecule has 1 aromatic heterocycles. The summed E-state index contributed by atoms with van der Waals surface area (Å²) in [6, 6.07) is 26.0. The minimum atomic E-state index is -1.41. The van der Waals surface area contributed by atoms with E-state index < -0.39 is 23.5 Å². The number of carboxylic acids is 1. The normalized spacial score (nSPS) is 17.8. The van der Waals surface area contributed by atoms with Crippen LogP contribution >= 0.6 is 11.3 Å². The van der Waals surface area contributed by atoms with Crippen LogP contribution in [0.2, 0.25) is 0 Å². The second-order valence-corrected chi connectivity index (χ2v) is 11.7. The number of benzene rings is 3. The summed E-state index contributed by atoms with van der Waals surface area (Å²) in [6.07, 6.45) is -0.393. The third-order valence-corrected chi connectivity index (χ3v) is 8.99. The second kappa shape index (κ2) is 11.4. The van der Waals surface area contributed by atoms with Crippen molar-refractivity contribution in [2.24, 2.45) is 0 Å². The topological polar surface area (TPSA) is 121 Å². The first kappa shape index (κ1) is 27.6. The third kappa shape index (κ3) is 5.38. The highest BCUT2D eigenvalue weighted by atomic mass is 32.1. The van der Waals surface area contributed by atoms with E-state index in [2.05, 4.69) is 27.8 Å². The van der Waals surface area contributed by atoms with E-state index in [1.54, 1.807) is 6.92 Å². The lowest BCUT2D eigenvalue weighted by molar-refractivity contribution is -0.144. The maximum atomic E-state index is 13.3. The average Bonchev–Trinajstić information content (AvgIpc) is 3.66. The molecule has 2 heterocycles. The molecule has 1 unspecified atom stereocenters. The molecule has 42 heavy (non-hydrogen) atoms. The number of aryl methyl sites for hydroxylation is 1. The zero-order valence-electron chi connectivity index (χ0n) is 23.0. The van der Waals surface area contributed by atoms with Gasteiger partial charge in [-0.05, 0) is 41.2 Å². The summed E-state index contributed by atoms with van der Waals surface area (Å²) in [5, 5.41) is 15.7. The van der Waals surface area contributed by atoms with Crippen LogP contribution in [0.25, 0.3) is 11.1 Å². The highest BCUT2D eigenvalue weighted by Crippen LogP contribution is 2.44. The van der Waals surface area contributed by atoms with Crippen LogP contribution in [0.3, 0.4) is 0 Å². The average molecular weight is 583 g/mol. The molecule has 3 N–H and O–H groups in total. The Morgan fingerprint density at radius 3 is 2.31 bits per heavy atom. The van der Waals surface area contributed by atoms with Crippen LogP contribution in [0.1, 0.15) is 44.4 Å². The van der Waals surface area contributed by atoms with Gasteiger partial charge in [0.1, 0.15) is 11.5 Å². The molecule has 0 saturated carbocycles. The van der Waals surface area contributed by atoms with Crippen molar-refractivity contribution >= 4 is 34.4 Å². The van der Waals surface area contributed by atoms with Crippen molar-refractivity contribution in [1.29, 1.82) is 0 Å². The summed E-state index contributed by atoms with van der Waals surface area (Å²) in [5.41, 5.74) is 4.55. The fraction of sp³-hybridized carbons (Fsp3) is 0.250. The highest BCUT2D eigenvalue weighted by molar-refractivity contribution is 7.17. The van der Waals surface area contributed by atoms with Gasteiger partial charge in [0.05, 0.1) is 5.69 Å². The van der Waals surface area contributed by atoms with Crippen molar-refractivity contribution in [3.05, 3.63) is 106 Å². The third-order valence-electron chi connectivity index (χ3n) is 7.92. The minimum Gasteiger partial charge on any atom is -0.479 e. The lowest BCUT2D eigenvalue weighted by atomic mass is 9.98. The second-order valence-electron chi connectivity index (χ2n) is 10.7. The van der Waals surface area contributed by atoms with Crippen LogP contribution in [0.4, 0.5) is 9.93 Å². The fourth-order valence-corrected chi connectivity index (χ4v) is 6.70. The SMILES string of the molecule is Cc1nc(NC(=O)OCC2c3ccccc3-c3ccccc32)sc1C(=O)NC1(C(=O)O)CCN(Cc2ccccc2)C1.